The highest BCUT2D eigenvalue weighted by atomic mass is 79.9. The van der Waals surface area contributed by atoms with Crippen LogP contribution in [0.25, 0.3) is 0 Å². The number of H-pyrrole nitrogens is 1. The molecule has 0 saturated carbocycles. The van der Waals surface area contributed by atoms with E-state index >= 15 is 0 Å². The number of fused-ring (bicyclic) bond motifs is 1. The number of nitrogens with one attached hydrogen (secondary N) is 3. The molecule has 3 N–H and O–H groups in total. The summed E-state index contributed by atoms with van der Waals surface area (Å²) in [5.41, 5.74) is 2.68. The summed E-state index contributed by atoms with van der Waals surface area (Å²) in [6, 6.07) is 1.58. The van der Waals surface area contributed by atoms with Gasteiger partial charge in [-0.3, -0.25) is 14.7 Å². The first-order valence-corrected chi connectivity index (χ1v) is 7.30. The van der Waals surface area contributed by atoms with Crippen LogP contribution in [0.4, 0.5) is 5.69 Å². The molecule has 0 unspecified atom stereocenters. The molecule has 0 aromatic carbocycles. The number of aryl methyl sites for hydroxylation is 1. The van der Waals surface area contributed by atoms with Gasteiger partial charge in [0.05, 0.1) is 10.2 Å². The van der Waals surface area contributed by atoms with Crippen molar-refractivity contribution in [1.29, 1.82) is 0 Å². The first kappa shape index (κ1) is 14.0. The molecule has 0 atom stereocenters. The van der Waals surface area contributed by atoms with Crippen LogP contribution in [-0.2, 0) is 20.0 Å². The Bertz CT molecular complexity index is 738. The first-order chi connectivity index (χ1) is 10.1. The number of anilines is 1. The third-order valence-corrected chi connectivity index (χ3v) is 3.99. The van der Waals surface area contributed by atoms with Gasteiger partial charge in [0.15, 0.2) is 5.69 Å². The van der Waals surface area contributed by atoms with E-state index < -0.39 is 0 Å². The second-order valence-corrected chi connectivity index (χ2v) is 5.76. The molecule has 0 radical (unpaired) electrons. The number of halogens is 1. The lowest BCUT2D eigenvalue weighted by Crippen LogP contribution is -2.25. The predicted molar refractivity (Wildman–Crippen MR) is 81.3 cm³/mol. The third kappa shape index (κ3) is 2.64. The van der Waals surface area contributed by atoms with Gasteiger partial charge in [-0.1, -0.05) is 0 Å². The molecule has 3 rings (SSSR count). The number of amides is 1. The minimum atomic E-state index is -0.290. The van der Waals surface area contributed by atoms with Crippen LogP contribution >= 0.6 is 15.9 Å². The van der Waals surface area contributed by atoms with Crippen LogP contribution in [0.3, 0.4) is 0 Å². The van der Waals surface area contributed by atoms with Crippen LogP contribution in [0.1, 0.15) is 21.7 Å². The number of aromatic amines is 1. The van der Waals surface area contributed by atoms with Crippen LogP contribution in [0.15, 0.2) is 21.5 Å². The number of carbonyl (C=O) groups is 1. The van der Waals surface area contributed by atoms with Crippen LogP contribution < -0.4 is 16.2 Å². The van der Waals surface area contributed by atoms with Gasteiger partial charge in [0.2, 0.25) is 0 Å². The Hall–Kier alpha value is -1.93. The number of pyridine rings is 1. The molecular formula is C13H14BrN5O2. The number of carbonyl (C=O) groups excluding carboxylic acids is 1. The zero-order chi connectivity index (χ0) is 15.0. The molecule has 0 spiro atoms. The average molecular weight is 352 g/mol. The maximum absolute atomic E-state index is 12.3. The molecule has 7 nitrogen and oxygen atoms in total. The van der Waals surface area contributed by atoms with Crippen LogP contribution in [0, 0.1) is 0 Å². The number of aromatic nitrogens is 3. The van der Waals surface area contributed by atoms with Crippen molar-refractivity contribution in [3.05, 3.63) is 44.0 Å². The first-order valence-electron chi connectivity index (χ1n) is 6.50. The zero-order valence-electron chi connectivity index (χ0n) is 11.4. The lowest BCUT2D eigenvalue weighted by molar-refractivity contribution is 0.102. The minimum Gasteiger partial charge on any atom is -0.319 e. The molecule has 21 heavy (non-hydrogen) atoms. The van der Waals surface area contributed by atoms with Crippen LogP contribution in [0.2, 0.25) is 0 Å². The molecule has 1 aliphatic rings. The van der Waals surface area contributed by atoms with Gasteiger partial charge in [0.25, 0.3) is 11.5 Å². The SMILES string of the molecule is Cn1cc(NC(=O)c2n[nH]c3c2CNCC3)cc(Br)c1=O. The molecule has 3 heterocycles. The van der Waals surface area contributed by atoms with Crippen molar-refractivity contribution < 1.29 is 4.79 Å². The van der Waals surface area contributed by atoms with E-state index in [2.05, 4.69) is 36.8 Å². The van der Waals surface area contributed by atoms with E-state index in [0.717, 1.165) is 24.2 Å². The van der Waals surface area contributed by atoms with Crippen molar-refractivity contribution in [3.8, 4) is 0 Å². The topological polar surface area (TPSA) is 91.8 Å². The Morgan fingerprint density at radius 3 is 3.10 bits per heavy atom. The Balaban J connectivity index is 1.87. The van der Waals surface area contributed by atoms with Gasteiger partial charge in [-0.25, -0.2) is 0 Å². The van der Waals surface area contributed by atoms with Gasteiger partial charge in [-0.05, 0) is 22.0 Å². The third-order valence-electron chi connectivity index (χ3n) is 3.42. The second-order valence-electron chi connectivity index (χ2n) is 4.90. The Morgan fingerprint density at radius 1 is 1.52 bits per heavy atom. The summed E-state index contributed by atoms with van der Waals surface area (Å²) in [6.45, 7) is 1.51. The molecule has 110 valence electrons. The van der Waals surface area contributed by atoms with Gasteiger partial charge >= 0.3 is 0 Å². The summed E-state index contributed by atoms with van der Waals surface area (Å²) in [5, 5.41) is 13.0. The minimum absolute atomic E-state index is 0.158. The quantitative estimate of drug-likeness (QED) is 0.745. The van der Waals surface area contributed by atoms with Crippen molar-refractivity contribution in [2.75, 3.05) is 11.9 Å². The van der Waals surface area contributed by atoms with E-state index in [4.69, 9.17) is 0 Å². The van der Waals surface area contributed by atoms with E-state index in [1.54, 1.807) is 19.3 Å². The van der Waals surface area contributed by atoms with Crippen molar-refractivity contribution in [2.45, 2.75) is 13.0 Å². The summed E-state index contributed by atoms with van der Waals surface area (Å²) in [4.78, 5) is 23.9. The Morgan fingerprint density at radius 2 is 2.33 bits per heavy atom. The number of hydrogen-bond donors (Lipinski definition) is 3. The molecule has 0 bridgehead atoms. The van der Waals surface area contributed by atoms with Crippen molar-refractivity contribution >= 4 is 27.5 Å². The standard InChI is InChI=1S/C13H14BrN5O2/c1-19-6-7(4-9(14)13(19)21)16-12(20)11-8-5-15-3-2-10(8)17-18-11/h4,6,15H,2-3,5H2,1H3,(H,16,20)(H,17,18). The number of nitrogens with zero attached hydrogens (tertiary/aromatic N) is 2. The molecule has 8 heteroatoms. The van der Waals surface area contributed by atoms with Crippen LogP contribution in [-0.4, -0.2) is 27.2 Å². The van der Waals surface area contributed by atoms with E-state index in [1.165, 1.54) is 4.57 Å². The summed E-state index contributed by atoms with van der Waals surface area (Å²) < 4.78 is 1.80. The molecule has 0 saturated heterocycles. The molecule has 1 amide bonds. The fourth-order valence-electron chi connectivity index (χ4n) is 2.34. The molecule has 1 aliphatic heterocycles. The highest BCUT2D eigenvalue weighted by Crippen LogP contribution is 2.17. The highest BCUT2D eigenvalue weighted by molar-refractivity contribution is 9.10. The monoisotopic (exact) mass is 351 g/mol. The van der Waals surface area contributed by atoms with E-state index in [-0.39, 0.29) is 11.5 Å². The van der Waals surface area contributed by atoms with Gasteiger partial charge in [0.1, 0.15) is 0 Å². The summed E-state index contributed by atoms with van der Waals surface area (Å²) >= 11 is 3.18. The second kappa shape index (κ2) is 5.45. The molecule has 0 aliphatic carbocycles. The van der Waals surface area contributed by atoms with Crippen molar-refractivity contribution in [1.82, 2.24) is 20.1 Å². The van der Waals surface area contributed by atoms with Gasteiger partial charge in [0, 0.05) is 44.0 Å². The molecule has 2 aromatic rings. The highest BCUT2D eigenvalue weighted by Gasteiger charge is 2.21. The summed E-state index contributed by atoms with van der Waals surface area (Å²) in [6.07, 6.45) is 2.41. The van der Waals surface area contributed by atoms with Gasteiger partial charge < -0.3 is 15.2 Å². The molecular weight excluding hydrogens is 338 g/mol. The largest absolute Gasteiger partial charge is 0.319 e. The Kier molecular flexibility index (Phi) is 3.64. The summed E-state index contributed by atoms with van der Waals surface area (Å²) in [5.74, 6) is -0.290. The molecule has 2 aromatic heterocycles. The van der Waals surface area contributed by atoms with E-state index in [0.29, 0.717) is 22.4 Å². The Labute approximate surface area is 128 Å². The smallest absolute Gasteiger partial charge is 0.276 e. The average Bonchev–Trinajstić information content (AvgIpc) is 2.88. The fraction of sp³-hybridized carbons (Fsp3) is 0.308. The van der Waals surface area contributed by atoms with Gasteiger partial charge in [-0.2, -0.15) is 5.10 Å². The lowest BCUT2D eigenvalue weighted by atomic mass is 10.1. The van der Waals surface area contributed by atoms with Crippen molar-refractivity contribution in [2.24, 2.45) is 7.05 Å². The van der Waals surface area contributed by atoms with E-state index in [9.17, 15) is 9.59 Å². The zero-order valence-corrected chi connectivity index (χ0v) is 13.0. The fourth-order valence-corrected chi connectivity index (χ4v) is 2.87. The summed E-state index contributed by atoms with van der Waals surface area (Å²) in [7, 11) is 1.63. The van der Waals surface area contributed by atoms with E-state index in [1.807, 2.05) is 0 Å². The number of rotatable bonds is 2. The maximum atomic E-state index is 12.3. The maximum Gasteiger partial charge on any atom is 0.276 e. The molecule has 0 fully saturated rings. The van der Waals surface area contributed by atoms with Crippen LogP contribution in [0.5, 0.6) is 0 Å². The predicted octanol–water partition coefficient (Wildman–Crippen LogP) is 0.769. The normalized spacial score (nSPS) is 13.8. The lowest BCUT2D eigenvalue weighted by Gasteiger charge is -2.13. The number of hydrogen-bond acceptors (Lipinski definition) is 4. The van der Waals surface area contributed by atoms with Crippen molar-refractivity contribution in [3.63, 3.8) is 0 Å². The van der Waals surface area contributed by atoms with Gasteiger partial charge in [-0.15, -0.1) is 0 Å².